The van der Waals surface area contributed by atoms with Crippen molar-refractivity contribution in [1.29, 1.82) is 0 Å². The Labute approximate surface area is 99.4 Å². The summed E-state index contributed by atoms with van der Waals surface area (Å²) in [5.41, 5.74) is 6.65. The van der Waals surface area contributed by atoms with Gasteiger partial charge in [0.25, 0.3) is 0 Å². The standard InChI is InChI=1S/C12H17F2NS/c1-2-5-16-8-10(15)6-9-3-4-11(13)12(14)7-9/h3-4,7,10H,2,5-6,8,15H2,1H3. The Balaban J connectivity index is 2.43. The van der Waals surface area contributed by atoms with Gasteiger partial charge >= 0.3 is 0 Å². The third-order valence-corrected chi connectivity index (χ3v) is 3.52. The van der Waals surface area contributed by atoms with Crippen LogP contribution in [0.4, 0.5) is 8.78 Å². The van der Waals surface area contributed by atoms with E-state index in [1.165, 1.54) is 6.07 Å². The van der Waals surface area contributed by atoms with E-state index in [0.717, 1.165) is 29.6 Å². The average molecular weight is 245 g/mol. The molecule has 0 bridgehead atoms. The second kappa shape index (κ2) is 6.86. The summed E-state index contributed by atoms with van der Waals surface area (Å²) in [7, 11) is 0. The van der Waals surface area contributed by atoms with E-state index < -0.39 is 11.6 Å². The Hall–Kier alpha value is -0.610. The van der Waals surface area contributed by atoms with Crippen LogP contribution in [-0.2, 0) is 6.42 Å². The summed E-state index contributed by atoms with van der Waals surface area (Å²) in [5.74, 6) is 0.335. The molecule has 0 aliphatic rings. The molecule has 16 heavy (non-hydrogen) atoms. The fraction of sp³-hybridized carbons (Fsp3) is 0.500. The fourth-order valence-electron chi connectivity index (χ4n) is 1.41. The third kappa shape index (κ3) is 4.49. The second-order valence-electron chi connectivity index (χ2n) is 3.79. The molecule has 0 radical (unpaired) electrons. The van der Waals surface area contributed by atoms with E-state index in [1.807, 2.05) is 0 Å². The number of hydrogen-bond acceptors (Lipinski definition) is 2. The molecule has 1 nitrogen and oxygen atoms in total. The summed E-state index contributed by atoms with van der Waals surface area (Å²) < 4.78 is 25.6. The Morgan fingerprint density at radius 1 is 1.31 bits per heavy atom. The Kier molecular flexibility index (Phi) is 5.77. The van der Waals surface area contributed by atoms with E-state index >= 15 is 0 Å². The van der Waals surface area contributed by atoms with Crippen LogP contribution in [0.15, 0.2) is 18.2 Å². The molecule has 0 saturated heterocycles. The first-order valence-electron chi connectivity index (χ1n) is 5.40. The van der Waals surface area contributed by atoms with Crippen LogP contribution in [0.5, 0.6) is 0 Å². The molecular weight excluding hydrogens is 228 g/mol. The van der Waals surface area contributed by atoms with Crippen molar-refractivity contribution in [3.8, 4) is 0 Å². The molecule has 0 aliphatic carbocycles. The predicted molar refractivity (Wildman–Crippen MR) is 65.7 cm³/mol. The number of thioether (sulfide) groups is 1. The highest BCUT2D eigenvalue weighted by atomic mass is 32.2. The molecule has 1 aromatic carbocycles. The van der Waals surface area contributed by atoms with Crippen molar-refractivity contribution in [2.24, 2.45) is 5.73 Å². The van der Waals surface area contributed by atoms with Gasteiger partial charge in [-0.1, -0.05) is 13.0 Å². The van der Waals surface area contributed by atoms with E-state index in [1.54, 1.807) is 17.8 Å². The number of nitrogens with two attached hydrogens (primary N) is 1. The highest BCUT2D eigenvalue weighted by molar-refractivity contribution is 7.99. The average Bonchev–Trinajstić information content (AvgIpc) is 2.24. The van der Waals surface area contributed by atoms with Crippen molar-refractivity contribution < 1.29 is 8.78 Å². The molecular formula is C12H17F2NS. The lowest BCUT2D eigenvalue weighted by Gasteiger charge is -2.11. The zero-order chi connectivity index (χ0) is 12.0. The summed E-state index contributed by atoms with van der Waals surface area (Å²) in [6.07, 6.45) is 1.72. The van der Waals surface area contributed by atoms with Gasteiger partial charge in [-0.2, -0.15) is 11.8 Å². The van der Waals surface area contributed by atoms with Crippen molar-refractivity contribution >= 4 is 11.8 Å². The minimum absolute atomic E-state index is 0.00131. The molecule has 0 aliphatic heterocycles. The van der Waals surface area contributed by atoms with Crippen molar-refractivity contribution in [3.05, 3.63) is 35.4 Å². The van der Waals surface area contributed by atoms with Crippen molar-refractivity contribution in [1.82, 2.24) is 0 Å². The zero-order valence-electron chi connectivity index (χ0n) is 9.38. The third-order valence-electron chi connectivity index (χ3n) is 2.16. The van der Waals surface area contributed by atoms with E-state index in [0.29, 0.717) is 6.42 Å². The van der Waals surface area contributed by atoms with Crippen LogP contribution in [0.2, 0.25) is 0 Å². The fourth-order valence-corrected chi connectivity index (χ4v) is 2.28. The van der Waals surface area contributed by atoms with E-state index in [2.05, 4.69) is 6.92 Å². The largest absolute Gasteiger partial charge is 0.327 e. The Bertz CT molecular complexity index is 331. The molecule has 4 heteroatoms. The second-order valence-corrected chi connectivity index (χ2v) is 4.94. The number of halogens is 2. The molecule has 0 aromatic heterocycles. The molecule has 0 amide bonds. The highest BCUT2D eigenvalue weighted by Gasteiger charge is 2.07. The lowest BCUT2D eigenvalue weighted by Crippen LogP contribution is -2.25. The molecule has 1 rings (SSSR count). The van der Waals surface area contributed by atoms with Crippen LogP contribution in [0.3, 0.4) is 0 Å². The van der Waals surface area contributed by atoms with Gasteiger partial charge in [-0.05, 0) is 36.3 Å². The normalized spacial score (nSPS) is 12.8. The highest BCUT2D eigenvalue weighted by Crippen LogP contribution is 2.12. The maximum absolute atomic E-state index is 12.9. The summed E-state index contributed by atoms with van der Waals surface area (Å²) in [6, 6.07) is 3.96. The molecule has 1 unspecified atom stereocenters. The van der Waals surface area contributed by atoms with Gasteiger partial charge < -0.3 is 5.73 Å². The first-order valence-corrected chi connectivity index (χ1v) is 6.56. The first kappa shape index (κ1) is 13.5. The number of benzene rings is 1. The molecule has 0 heterocycles. The molecule has 2 N–H and O–H groups in total. The van der Waals surface area contributed by atoms with Gasteiger partial charge in [0.05, 0.1) is 0 Å². The van der Waals surface area contributed by atoms with Crippen molar-refractivity contribution in [3.63, 3.8) is 0 Å². The van der Waals surface area contributed by atoms with Gasteiger partial charge in [-0.15, -0.1) is 0 Å². The Morgan fingerprint density at radius 2 is 2.06 bits per heavy atom. The zero-order valence-corrected chi connectivity index (χ0v) is 10.2. The molecule has 0 spiro atoms. The molecule has 90 valence electrons. The summed E-state index contributed by atoms with van der Waals surface area (Å²) >= 11 is 1.80. The van der Waals surface area contributed by atoms with Crippen LogP contribution in [-0.4, -0.2) is 17.5 Å². The van der Waals surface area contributed by atoms with Gasteiger partial charge in [0, 0.05) is 11.8 Å². The lowest BCUT2D eigenvalue weighted by atomic mass is 10.1. The topological polar surface area (TPSA) is 26.0 Å². The number of rotatable bonds is 6. The minimum Gasteiger partial charge on any atom is -0.327 e. The maximum Gasteiger partial charge on any atom is 0.159 e. The van der Waals surface area contributed by atoms with Gasteiger partial charge in [0.15, 0.2) is 11.6 Å². The predicted octanol–water partition coefficient (Wildman–Crippen LogP) is 2.98. The smallest absolute Gasteiger partial charge is 0.159 e. The molecule has 1 atom stereocenters. The molecule has 0 fully saturated rings. The monoisotopic (exact) mass is 245 g/mol. The lowest BCUT2D eigenvalue weighted by molar-refractivity contribution is 0.506. The minimum atomic E-state index is -0.808. The van der Waals surface area contributed by atoms with Crippen LogP contribution >= 0.6 is 11.8 Å². The van der Waals surface area contributed by atoms with Gasteiger partial charge in [-0.25, -0.2) is 8.78 Å². The van der Waals surface area contributed by atoms with E-state index in [-0.39, 0.29) is 6.04 Å². The van der Waals surface area contributed by atoms with E-state index in [4.69, 9.17) is 5.73 Å². The van der Waals surface area contributed by atoms with Crippen LogP contribution in [0, 0.1) is 11.6 Å². The van der Waals surface area contributed by atoms with E-state index in [9.17, 15) is 8.78 Å². The Morgan fingerprint density at radius 3 is 2.69 bits per heavy atom. The molecule has 0 saturated carbocycles. The summed E-state index contributed by atoms with van der Waals surface area (Å²) in [4.78, 5) is 0. The van der Waals surface area contributed by atoms with Gasteiger partial charge in [-0.3, -0.25) is 0 Å². The van der Waals surface area contributed by atoms with Crippen molar-refractivity contribution in [2.75, 3.05) is 11.5 Å². The SMILES string of the molecule is CCCSCC(N)Cc1ccc(F)c(F)c1. The maximum atomic E-state index is 12.9. The van der Waals surface area contributed by atoms with Crippen LogP contribution in [0.25, 0.3) is 0 Å². The van der Waals surface area contributed by atoms with Crippen LogP contribution < -0.4 is 5.73 Å². The van der Waals surface area contributed by atoms with Crippen molar-refractivity contribution in [2.45, 2.75) is 25.8 Å². The van der Waals surface area contributed by atoms with Gasteiger partial charge in [0.1, 0.15) is 0 Å². The summed E-state index contributed by atoms with van der Waals surface area (Å²) in [6.45, 7) is 2.12. The quantitative estimate of drug-likeness (QED) is 0.780. The van der Waals surface area contributed by atoms with Gasteiger partial charge in [0.2, 0.25) is 0 Å². The van der Waals surface area contributed by atoms with Crippen LogP contribution in [0.1, 0.15) is 18.9 Å². The first-order chi connectivity index (χ1) is 7.63. The molecule has 1 aromatic rings. The number of hydrogen-bond donors (Lipinski definition) is 1. The summed E-state index contributed by atoms with van der Waals surface area (Å²) in [5, 5.41) is 0.